The summed E-state index contributed by atoms with van der Waals surface area (Å²) in [6.45, 7) is 4.71. The topological polar surface area (TPSA) is 260 Å². The van der Waals surface area contributed by atoms with Crippen LogP contribution in [0.2, 0.25) is 20.1 Å². The highest BCUT2D eigenvalue weighted by Gasteiger charge is 2.42. The van der Waals surface area contributed by atoms with Crippen molar-refractivity contribution in [2.45, 2.75) is 69.2 Å². The minimum atomic E-state index is -0.783. The Kier molecular flexibility index (Phi) is 29.5. The predicted octanol–water partition coefficient (Wildman–Crippen LogP) is 25.5. The number of alkyl halides is 2. The molecule has 5 aliphatic rings. The van der Waals surface area contributed by atoms with Crippen molar-refractivity contribution in [3.63, 3.8) is 0 Å². The van der Waals surface area contributed by atoms with E-state index in [1.807, 2.05) is 158 Å². The summed E-state index contributed by atoms with van der Waals surface area (Å²) >= 11 is 43.1. The number of hydrogen-bond donors (Lipinski definition) is 5. The second kappa shape index (κ2) is 41.7. The lowest BCUT2D eigenvalue weighted by Crippen LogP contribution is -2.41. The lowest BCUT2D eigenvalue weighted by atomic mass is 9.92. The number of aromatic amines is 5. The summed E-state index contributed by atoms with van der Waals surface area (Å²) < 4.78 is 75.5. The van der Waals surface area contributed by atoms with Gasteiger partial charge in [-0.25, -0.2) is 37.1 Å². The number of hydrogen-bond acceptors (Lipinski definition) is 12. The Bertz CT molecular complexity index is 6970. The van der Waals surface area contributed by atoms with Crippen LogP contribution in [0.1, 0.15) is 127 Å². The maximum absolute atomic E-state index is 14.6. The van der Waals surface area contributed by atoms with Crippen LogP contribution in [-0.4, -0.2) is 166 Å². The molecule has 20 rings (SSSR count). The van der Waals surface area contributed by atoms with E-state index in [1.165, 1.54) is 42.4 Å². The number of fused-ring (bicyclic) bond motifs is 15. The molecule has 5 amide bonds. The molecule has 0 fully saturated rings. The van der Waals surface area contributed by atoms with Crippen molar-refractivity contribution in [3.05, 3.63) is 342 Å². The van der Waals surface area contributed by atoms with Crippen LogP contribution >= 0.6 is 101 Å². The molecule has 22 nitrogen and oxygen atoms in total. The van der Waals surface area contributed by atoms with Gasteiger partial charge in [-0.05, 0) is 247 Å². The molecule has 0 bridgehead atoms. The van der Waals surface area contributed by atoms with Crippen LogP contribution in [0.4, 0.5) is 37.1 Å². The van der Waals surface area contributed by atoms with Crippen LogP contribution < -0.4 is 4.74 Å². The number of H-pyrrole nitrogens is 5. The van der Waals surface area contributed by atoms with Crippen LogP contribution in [0, 0.1) is 28.8 Å². The smallest absolute Gasteiger partial charge is 0.410 e. The highest BCUT2D eigenvalue weighted by Crippen LogP contribution is 2.47. The van der Waals surface area contributed by atoms with Crippen LogP contribution in [-0.2, 0) is 55.8 Å². The molecule has 0 saturated heterocycles. The molecule has 10 aromatic carbocycles. The van der Waals surface area contributed by atoms with Crippen molar-refractivity contribution in [3.8, 4) is 11.8 Å². The van der Waals surface area contributed by atoms with E-state index in [9.17, 15) is 37.1 Å². The molecule has 0 saturated carbocycles. The number of amides is 5. The first-order valence-electron chi connectivity index (χ1n) is 42.6. The molecule has 5 aromatic heterocycles. The van der Waals surface area contributed by atoms with Crippen LogP contribution in [0.25, 0.3) is 54.5 Å². The van der Waals surface area contributed by atoms with Crippen molar-refractivity contribution in [2.75, 3.05) is 85.6 Å². The molecule has 0 spiro atoms. The number of methoxy groups -OCH3 is 3. The first kappa shape index (κ1) is 94.2. The van der Waals surface area contributed by atoms with Crippen molar-refractivity contribution < 1.29 is 65.6 Å². The molecule has 0 aliphatic carbocycles. The van der Waals surface area contributed by atoms with E-state index < -0.39 is 35.9 Å². The van der Waals surface area contributed by atoms with Crippen molar-refractivity contribution in [1.29, 1.82) is 5.26 Å². The summed E-state index contributed by atoms with van der Waals surface area (Å²) in [4.78, 5) is 88.1. The van der Waals surface area contributed by atoms with Gasteiger partial charge in [0.2, 0.25) is 0 Å². The van der Waals surface area contributed by atoms with Gasteiger partial charge in [0.05, 0.1) is 51.3 Å². The Balaban J connectivity index is 0.000000121. The number of ether oxygens (including phenoxy) is 6. The Morgan fingerprint density at radius 1 is 0.391 bits per heavy atom. The number of carbonyl (C=O) groups is 5. The summed E-state index contributed by atoms with van der Waals surface area (Å²) in [5.41, 5.74) is 19.2. The zero-order valence-corrected chi connectivity index (χ0v) is 79.7. The van der Waals surface area contributed by atoms with E-state index in [4.69, 9.17) is 103 Å². The third-order valence-corrected chi connectivity index (χ3v) is 26.4. The number of nitriles is 1. The molecule has 5 unspecified atom stereocenters. The van der Waals surface area contributed by atoms with Gasteiger partial charge in [-0.15, -0.1) is 23.2 Å². The number of rotatable bonds is 11. The first-order valence-corrected chi connectivity index (χ1v) is 46.8. The van der Waals surface area contributed by atoms with Crippen LogP contribution in [0.5, 0.6) is 5.75 Å². The fraction of sp³-hybridized carbons (Fsp3) is 0.240. The third kappa shape index (κ3) is 19.9. The van der Waals surface area contributed by atoms with Gasteiger partial charge in [0.15, 0.2) is 0 Å². The highest BCUT2D eigenvalue weighted by atomic mass is 79.9. The minimum absolute atomic E-state index is 0.106. The molecule has 133 heavy (non-hydrogen) atoms. The first-order chi connectivity index (χ1) is 64.4. The van der Waals surface area contributed by atoms with E-state index in [-0.39, 0.29) is 79.4 Å². The summed E-state index contributed by atoms with van der Waals surface area (Å²) in [6, 6.07) is 61.5. The standard InChI is InChI=1S/C21H20Cl2N2O3.C20H17BrF2N2O2.C20H17Cl2FN2O2.C20H16ClN3O2.C19H16BrClN2O2/c1-27-15-4-2-3-13(11-15)20-19-16(7-9-25(20)21(26)28-10-8-22)17-12-14(23)5-6-18(17)24-19;1-2-27-20(26)25-8-7-13-14-9-11(21)3-6-17(14)24-18(13)19(25)15-10-12(22)4-5-16(15)23;21-7-9-27-20(26)25-8-6-15-16-11-13(22)4-5-17(16)24-18(15)19(25)12-2-1-3-14(23)10-12;1-26-20(25)24-9-8-15-16-10-14(21)6-7-17(16)23-18(15)19(24)13-4-2-12(11-22)3-5-13;1-25-19(24)23-8-7-14-15-10-13(21)5-6-16(15)22-17(14)18(23)11-3-2-4-12(20)9-11/h2-6,11-12,20,24H,7-10H2,1H3;3-6,9-10,19,24H,2,7-8H2,1H3;1-5,10-11,19,24H,6-9H2;2-7,10,19,23H,8-9H2,1H3;2-6,9-10,18,22H,7-8H2,1H3. The van der Waals surface area contributed by atoms with Gasteiger partial charge in [-0.2, -0.15) is 5.26 Å². The van der Waals surface area contributed by atoms with Gasteiger partial charge in [0, 0.05) is 150 Å². The molecule has 684 valence electrons. The highest BCUT2D eigenvalue weighted by molar-refractivity contribution is 9.10. The van der Waals surface area contributed by atoms with Crippen LogP contribution in [0.3, 0.4) is 0 Å². The lowest BCUT2D eigenvalue weighted by Gasteiger charge is -2.35. The van der Waals surface area contributed by atoms with Crippen molar-refractivity contribution in [2.24, 2.45) is 0 Å². The summed E-state index contributed by atoms with van der Waals surface area (Å²) in [6.07, 6.45) is 1.35. The van der Waals surface area contributed by atoms with Gasteiger partial charge in [-0.1, -0.05) is 127 Å². The molecule has 15 aromatic rings. The van der Waals surface area contributed by atoms with Gasteiger partial charge < -0.3 is 53.3 Å². The second-order valence-electron chi connectivity index (χ2n) is 31.8. The Labute approximate surface area is 809 Å². The number of carbonyl (C=O) groups excluding carboxylic acids is 5. The summed E-state index contributed by atoms with van der Waals surface area (Å²) in [5, 5.41) is 17.1. The van der Waals surface area contributed by atoms with Gasteiger partial charge >= 0.3 is 30.5 Å². The molecule has 10 heterocycles. The quantitative estimate of drug-likeness (QED) is 0.0598. The normalized spacial score (nSPS) is 16.4. The Hall–Kier alpha value is -12.0. The molecule has 0 radical (unpaired) electrons. The molecule has 5 N–H and O–H groups in total. The number of halogens is 11. The lowest BCUT2D eigenvalue weighted by molar-refractivity contribution is 0.0921. The number of nitrogens with one attached hydrogen (secondary N) is 5. The van der Waals surface area contributed by atoms with E-state index in [0.717, 1.165) is 156 Å². The summed E-state index contributed by atoms with van der Waals surface area (Å²) in [7, 11) is 4.43. The van der Waals surface area contributed by atoms with Gasteiger partial charge in [0.25, 0.3) is 0 Å². The maximum Gasteiger partial charge on any atom is 0.410 e. The average molecular weight is 2050 g/mol. The number of aromatic nitrogens is 5. The monoisotopic (exact) mass is 2040 g/mol. The molecule has 33 heteroatoms. The van der Waals surface area contributed by atoms with E-state index in [1.54, 1.807) is 51.8 Å². The average Bonchev–Trinajstić information content (AvgIpc) is 1.64. The van der Waals surface area contributed by atoms with Crippen LogP contribution in [0.15, 0.2) is 215 Å². The molecular formula is C100H86Br2Cl6F3N11O11. The molecule has 5 aliphatic heterocycles. The third-order valence-electron chi connectivity index (χ3n) is 24.2. The van der Waals surface area contributed by atoms with Crippen molar-refractivity contribution in [1.82, 2.24) is 49.4 Å². The maximum atomic E-state index is 14.6. The zero-order valence-electron chi connectivity index (χ0n) is 72.0. The number of nitrogens with zero attached hydrogens (tertiary/aromatic N) is 6. The minimum Gasteiger partial charge on any atom is -0.497 e. The largest absolute Gasteiger partial charge is 0.497 e. The van der Waals surface area contributed by atoms with Gasteiger partial charge in [-0.3, -0.25) is 24.5 Å². The molecular weight excluding hydrogens is 1960 g/mol. The SMILES string of the molecule is CCOC(=O)N1CCc2c([nH]c3ccc(Br)cc23)C1c1cc(F)ccc1F.COC(=O)N1CCc2c([nH]c3ccc(Cl)cc23)C1c1ccc(C#N)cc1.COC(=O)N1CCc2c([nH]c3ccc(Cl)cc23)C1c1cccc(Br)c1.COc1cccc(C2c3[nH]c4ccc(Cl)cc4c3CCN2C(=O)OCCCl)c1.O=C(OCCCl)N1CCc2c([nH]c3ccc(Cl)cc23)C1c1cccc(F)c1. The van der Waals surface area contributed by atoms with E-state index in [2.05, 4.69) is 62.8 Å². The van der Waals surface area contributed by atoms with E-state index in [0.29, 0.717) is 88.9 Å². The van der Waals surface area contributed by atoms with Crippen molar-refractivity contribution >= 4 is 186 Å². The Morgan fingerprint density at radius 3 is 1.14 bits per heavy atom. The number of benzene rings is 10. The fourth-order valence-corrected chi connectivity index (χ4v) is 20.1. The molecule has 5 atom stereocenters. The Morgan fingerprint density at radius 2 is 0.744 bits per heavy atom. The zero-order chi connectivity index (χ0) is 93.6. The second-order valence-corrected chi connectivity index (χ2v) is 36.1. The predicted molar refractivity (Wildman–Crippen MR) is 518 cm³/mol. The van der Waals surface area contributed by atoms with Gasteiger partial charge in [0.1, 0.15) is 66.6 Å². The summed E-state index contributed by atoms with van der Waals surface area (Å²) in [5.74, 6) is -0.254. The fourth-order valence-electron chi connectivity index (χ4n) is 18.5. The van der Waals surface area contributed by atoms with E-state index >= 15 is 0 Å².